The molecule has 158 valence electrons. The molecule has 0 saturated heterocycles. The molecular weight excluding hydrogens is 401 g/mol. The third-order valence-corrected chi connectivity index (χ3v) is 4.73. The summed E-state index contributed by atoms with van der Waals surface area (Å²) in [6.07, 6.45) is 1.46. The van der Waals surface area contributed by atoms with E-state index in [0.717, 1.165) is 0 Å². The minimum absolute atomic E-state index is 0.0914. The number of halogens is 1. The molecule has 4 aromatic rings. The van der Waals surface area contributed by atoms with Gasteiger partial charge in [0, 0.05) is 19.3 Å². The molecule has 9 heteroatoms. The molecule has 0 aliphatic heterocycles. The largest absolute Gasteiger partial charge is 0.347 e. The van der Waals surface area contributed by atoms with E-state index in [1.807, 2.05) is 6.07 Å². The van der Waals surface area contributed by atoms with Crippen LogP contribution in [0, 0.1) is 5.82 Å². The van der Waals surface area contributed by atoms with Crippen LogP contribution in [0.15, 0.2) is 57.8 Å². The van der Waals surface area contributed by atoms with Gasteiger partial charge < -0.3 is 14.8 Å². The number of nitrogens with one attached hydrogen (secondary N) is 2. The van der Waals surface area contributed by atoms with Gasteiger partial charge in [0.05, 0.1) is 17.4 Å². The highest BCUT2D eigenvalue weighted by Gasteiger charge is 2.11. The van der Waals surface area contributed by atoms with Gasteiger partial charge in [-0.3, -0.25) is 9.59 Å². The number of aromatic amines is 1. The number of para-hydroxylation sites is 1. The predicted molar refractivity (Wildman–Crippen MR) is 111 cm³/mol. The molecule has 0 fully saturated rings. The Labute approximate surface area is 176 Å². The van der Waals surface area contributed by atoms with Crippen LogP contribution in [0.4, 0.5) is 4.39 Å². The first kappa shape index (κ1) is 20.4. The zero-order valence-corrected chi connectivity index (χ0v) is 16.6. The average Bonchev–Trinajstić information content (AvgIpc) is 3.21. The lowest BCUT2D eigenvalue weighted by atomic mass is 10.1. The average molecular weight is 421 g/mol. The van der Waals surface area contributed by atoms with Crippen LogP contribution in [-0.2, 0) is 24.2 Å². The fourth-order valence-corrected chi connectivity index (χ4v) is 3.18. The number of aromatic nitrogens is 4. The van der Waals surface area contributed by atoms with Crippen LogP contribution in [0.2, 0.25) is 0 Å². The molecule has 2 aromatic carbocycles. The zero-order valence-electron chi connectivity index (χ0n) is 16.6. The fraction of sp³-hybridized carbons (Fsp3) is 0.227. The number of hydrogen-bond donors (Lipinski definition) is 2. The highest BCUT2D eigenvalue weighted by Crippen LogP contribution is 2.11. The SMILES string of the molecule is O=C(CCCc1nc2ccccc2c(=O)[nH]1)NCc1nc(Cc2ccccc2F)no1. The summed E-state index contributed by atoms with van der Waals surface area (Å²) in [6, 6.07) is 13.5. The van der Waals surface area contributed by atoms with Gasteiger partial charge in [-0.05, 0) is 30.2 Å². The van der Waals surface area contributed by atoms with Crippen LogP contribution in [0.3, 0.4) is 0 Å². The molecule has 0 aliphatic rings. The Balaban J connectivity index is 1.24. The summed E-state index contributed by atoms with van der Waals surface area (Å²) >= 11 is 0. The van der Waals surface area contributed by atoms with E-state index >= 15 is 0 Å². The lowest BCUT2D eigenvalue weighted by molar-refractivity contribution is -0.121. The maximum atomic E-state index is 13.7. The summed E-state index contributed by atoms with van der Waals surface area (Å²) in [4.78, 5) is 35.5. The predicted octanol–water partition coefficient (Wildman–Crippen LogP) is 2.68. The Morgan fingerprint density at radius 2 is 1.90 bits per heavy atom. The molecule has 0 radical (unpaired) electrons. The molecule has 2 N–H and O–H groups in total. The van der Waals surface area contributed by atoms with E-state index in [1.54, 1.807) is 36.4 Å². The molecule has 8 nitrogen and oxygen atoms in total. The second-order valence-electron chi connectivity index (χ2n) is 7.03. The highest BCUT2D eigenvalue weighted by molar-refractivity contribution is 5.77. The highest BCUT2D eigenvalue weighted by atomic mass is 19.1. The summed E-state index contributed by atoms with van der Waals surface area (Å²) in [7, 11) is 0. The Bertz CT molecular complexity index is 1270. The Hall–Kier alpha value is -3.88. The van der Waals surface area contributed by atoms with E-state index in [4.69, 9.17) is 4.52 Å². The smallest absolute Gasteiger partial charge is 0.258 e. The van der Waals surface area contributed by atoms with E-state index in [0.29, 0.717) is 41.0 Å². The lowest BCUT2D eigenvalue weighted by Gasteiger charge is -2.04. The third kappa shape index (κ3) is 5.19. The van der Waals surface area contributed by atoms with Crippen LogP contribution < -0.4 is 10.9 Å². The molecule has 2 heterocycles. The summed E-state index contributed by atoms with van der Waals surface area (Å²) in [6.45, 7) is 0.0914. The monoisotopic (exact) mass is 421 g/mol. The number of benzene rings is 2. The van der Waals surface area contributed by atoms with Crippen molar-refractivity contribution in [1.29, 1.82) is 0 Å². The molecule has 0 bridgehead atoms. The summed E-state index contributed by atoms with van der Waals surface area (Å²) in [5, 5.41) is 7.07. The minimum Gasteiger partial charge on any atom is -0.347 e. The van der Waals surface area contributed by atoms with Gasteiger partial charge in [-0.25, -0.2) is 9.37 Å². The summed E-state index contributed by atoms with van der Waals surface area (Å²) in [5.41, 5.74) is 0.917. The molecule has 0 atom stereocenters. The van der Waals surface area contributed by atoms with E-state index in [2.05, 4.69) is 25.4 Å². The third-order valence-electron chi connectivity index (χ3n) is 4.73. The van der Waals surface area contributed by atoms with Gasteiger partial charge in [0.1, 0.15) is 11.6 Å². The van der Waals surface area contributed by atoms with E-state index < -0.39 is 0 Å². The number of aryl methyl sites for hydroxylation is 1. The number of H-pyrrole nitrogens is 1. The zero-order chi connectivity index (χ0) is 21.6. The van der Waals surface area contributed by atoms with Crippen LogP contribution >= 0.6 is 0 Å². The second kappa shape index (κ2) is 9.29. The van der Waals surface area contributed by atoms with Gasteiger partial charge >= 0.3 is 0 Å². The van der Waals surface area contributed by atoms with Crippen molar-refractivity contribution >= 4 is 16.8 Å². The van der Waals surface area contributed by atoms with Gasteiger partial charge in [0.15, 0.2) is 5.82 Å². The van der Waals surface area contributed by atoms with Crippen molar-refractivity contribution in [3.8, 4) is 0 Å². The second-order valence-corrected chi connectivity index (χ2v) is 7.03. The number of fused-ring (bicyclic) bond motifs is 1. The maximum absolute atomic E-state index is 13.7. The van der Waals surface area contributed by atoms with Crippen molar-refractivity contribution < 1.29 is 13.7 Å². The molecule has 0 aliphatic carbocycles. The summed E-state index contributed by atoms with van der Waals surface area (Å²) in [5.74, 6) is 0.633. The molecule has 31 heavy (non-hydrogen) atoms. The van der Waals surface area contributed by atoms with Crippen LogP contribution in [0.1, 0.15) is 35.9 Å². The first-order valence-corrected chi connectivity index (χ1v) is 9.88. The molecule has 4 rings (SSSR count). The first-order valence-electron chi connectivity index (χ1n) is 9.88. The van der Waals surface area contributed by atoms with Crippen LogP contribution in [0.25, 0.3) is 10.9 Å². The number of hydrogen-bond acceptors (Lipinski definition) is 6. The first-order chi connectivity index (χ1) is 15.1. The topological polar surface area (TPSA) is 114 Å². The fourth-order valence-electron chi connectivity index (χ4n) is 3.18. The van der Waals surface area contributed by atoms with Crippen molar-refractivity contribution in [1.82, 2.24) is 25.4 Å². The molecule has 1 amide bonds. The number of amides is 1. The molecule has 0 spiro atoms. The quantitative estimate of drug-likeness (QED) is 0.452. The lowest BCUT2D eigenvalue weighted by Crippen LogP contribution is -2.23. The number of nitrogens with zero attached hydrogens (tertiary/aromatic N) is 3. The molecule has 0 saturated carbocycles. The summed E-state index contributed by atoms with van der Waals surface area (Å²) < 4.78 is 18.8. The van der Waals surface area contributed by atoms with Crippen molar-refractivity contribution in [3.05, 3.63) is 87.8 Å². The number of carbonyl (C=O) groups is 1. The van der Waals surface area contributed by atoms with E-state index in [1.165, 1.54) is 6.07 Å². The van der Waals surface area contributed by atoms with Crippen molar-refractivity contribution in [2.75, 3.05) is 0 Å². The Kier molecular flexibility index (Phi) is 6.11. The maximum Gasteiger partial charge on any atom is 0.258 e. The molecule has 2 aromatic heterocycles. The van der Waals surface area contributed by atoms with Crippen molar-refractivity contribution in [2.24, 2.45) is 0 Å². The van der Waals surface area contributed by atoms with E-state index in [9.17, 15) is 14.0 Å². The van der Waals surface area contributed by atoms with Crippen molar-refractivity contribution in [2.45, 2.75) is 32.2 Å². The Morgan fingerprint density at radius 1 is 1.10 bits per heavy atom. The standard InChI is InChI=1S/C22H20FN5O3/c23-16-8-3-1-6-14(16)12-19-26-21(31-28-19)13-24-20(29)11-5-10-18-25-17-9-4-2-7-15(17)22(30)27-18/h1-4,6-9H,5,10-13H2,(H,24,29)(H,25,27,30). The van der Waals surface area contributed by atoms with Gasteiger partial charge in [-0.1, -0.05) is 35.5 Å². The van der Waals surface area contributed by atoms with Crippen LogP contribution in [0.5, 0.6) is 0 Å². The van der Waals surface area contributed by atoms with Gasteiger partial charge in [-0.15, -0.1) is 0 Å². The van der Waals surface area contributed by atoms with Gasteiger partial charge in [0.25, 0.3) is 5.56 Å². The van der Waals surface area contributed by atoms with Gasteiger partial charge in [0.2, 0.25) is 11.8 Å². The minimum atomic E-state index is -0.329. The number of rotatable bonds is 8. The van der Waals surface area contributed by atoms with Gasteiger partial charge in [-0.2, -0.15) is 4.98 Å². The Morgan fingerprint density at radius 3 is 2.77 bits per heavy atom. The normalized spacial score (nSPS) is 11.0. The van der Waals surface area contributed by atoms with Crippen LogP contribution in [-0.4, -0.2) is 26.0 Å². The van der Waals surface area contributed by atoms with E-state index in [-0.39, 0.29) is 42.6 Å². The molecule has 0 unspecified atom stereocenters. The number of carbonyl (C=O) groups excluding carboxylic acids is 1. The van der Waals surface area contributed by atoms with Crippen molar-refractivity contribution in [3.63, 3.8) is 0 Å². The molecular formula is C22H20FN5O3.